The molecular weight excluding hydrogens is 392 g/mol. The van der Waals surface area contributed by atoms with Gasteiger partial charge >= 0.3 is 0 Å². The molecule has 1 fully saturated rings. The smallest absolute Gasteiger partial charge is 0.285 e. The molecule has 138 valence electrons. The molecule has 0 spiro atoms. The molecular formula is C21H14N2O3S2. The van der Waals surface area contributed by atoms with Crippen LogP contribution in [0.3, 0.4) is 0 Å². The molecule has 0 saturated carbocycles. The maximum absolute atomic E-state index is 12.8. The zero-order valence-electron chi connectivity index (χ0n) is 14.5. The van der Waals surface area contributed by atoms with Crippen molar-refractivity contribution in [3.05, 3.63) is 82.8 Å². The van der Waals surface area contributed by atoms with Crippen molar-refractivity contribution in [2.24, 2.45) is 0 Å². The minimum Gasteiger partial charge on any atom is -0.508 e. The molecule has 1 heterocycles. The first kappa shape index (κ1) is 18.2. The van der Waals surface area contributed by atoms with Gasteiger partial charge < -0.3 is 5.11 Å². The van der Waals surface area contributed by atoms with Crippen molar-refractivity contribution in [3.8, 4) is 5.75 Å². The molecule has 3 aromatic carbocycles. The third-order valence-electron chi connectivity index (χ3n) is 4.23. The first-order chi connectivity index (χ1) is 13.5. The van der Waals surface area contributed by atoms with E-state index in [-0.39, 0.29) is 15.6 Å². The van der Waals surface area contributed by atoms with E-state index in [1.165, 1.54) is 12.1 Å². The quantitative estimate of drug-likeness (QED) is 0.506. The lowest BCUT2D eigenvalue weighted by Crippen LogP contribution is -2.44. The van der Waals surface area contributed by atoms with Crippen LogP contribution >= 0.6 is 24.0 Å². The average molecular weight is 406 g/mol. The summed E-state index contributed by atoms with van der Waals surface area (Å²) in [6, 6.07) is 19.6. The number of carbonyl (C=O) groups excluding carboxylic acids is 2. The van der Waals surface area contributed by atoms with Gasteiger partial charge in [-0.15, -0.1) is 0 Å². The summed E-state index contributed by atoms with van der Waals surface area (Å²) in [5.74, 6) is -0.955. The monoisotopic (exact) mass is 406 g/mol. The number of carbonyl (C=O) groups is 2. The first-order valence-electron chi connectivity index (χ1n) is 8.39. The van der Waals surface area contributed by atoms with Crippen LogP contribution in [0.25, 0.3) is 16.8 Å². The lowest BCUT2D eigenvalue weighted by Gasteiger charge is -2.15. The number of nitrogens with zero attached hydrogens (tertiary/aromatic N) is 1. The molecule has 0 aliphatic carbocycles. The second-order valence-corrected chi connectivity index (χ2v) is 7.75. The maximum Gasteiger partial charge on any atom is 0.285 e. The molecule has 0 radical (unpaired) electrons. The minimum atomic E-state index is -0.529. The summed E-state index contributed by atoms with van der Waals surface area (Å²) in [7, 11) is 0. The average Bonchev–Trinajstić information content (AvgIpc) is 2.95. The van der Waals surface area contributed by atoms with Crippen molar-refractivity contribution in [3.63, 3.8) is 0 Å². The Morgan fingerprint density at radius 1 is 1.07 bits per heavy atom. The highest BCUT2D eigenvalue weighted by Crippen LogP contribution is 2.33. The Bertz CT molecular complexity index is 1150. The van der Waals surface area contributed by atoms with Gasteiger partial charge in [0.1, 0.15) is 5.75 Å². The van der Waals surface area contributed by atoms with Crippen molar-refractivity contribution >= 4 is 57.0 Å². The summed E-state index contributed by atoms with van der Waals surface area (Å²) in [4.78, 5) is 25.6. The Balaban J connectivity index is 1.60. The van der Waals surface area contributed by atoms with Crippen LogP contribution < -0.4 is 5.43 Å². The molecule has 28 heavy (non-hydrogen) atoms. The summed E-state index contributed by atoms with van der Waals surface area (Å²) < 4.78 is 0.241. The van der Waals surface area contributed by atoms with E-state index < -0.39 is 11.8 Å². The number of thiocarbonyl (C=S) groups is 1. The van der Waals surface area contributed by atoms with Gasteiger partial charge in [-0.3, -0.25) is 15.0 Å². The second kappa shape index (κ2) is 7.46. The molecule has 5 nitrogen and oxygen atoms in total. The van der Waals surface area contributed by atoms with Crippen LogP contribution in [-0.2, 0) is 4.79 Å². The predicted octanol–water partition coefficient (Wildman–Crippen LogP) is 4.09. The zero-order chi connectivity index (χ0) is 19.7. The van der Waals surface area contributed by atoms with Gasteiger partial charge in [0.2, 0.25) is 0 Å². The van der Waals surface area contributed by atoms with Crippen molar-refractivity contribution in [2.75, 3.05) is 0 Å². The molecule has 2 amide bonds. The fourth-order valence-corrected chi connectivity index (χ4v) is 4.07. The van der Waals surface area contributed by atoms with E-state index in [4.69, 9.17) is 12.2 Å². The summed E-state index contributed by atoms with van der Waals surface area (Å²) in [6.07, 6.45) is 1.78. The number of rotatable bonds is 3. The van der Waals surface area contributed by atoms with E-state index in [0.29, 0.717) is 4.91 Å². The fourth-order valence-electron chi connectivity index (χ4n) is 2.89. The van der Waals surface area contributed by atoms with Gasteiger partial charge in [0.05, 0.1) is 4.91 Å². The molecule has 0 aromatic heterocycles. The molecule has 0 bridgehead atoms. The lowest BCUT2D eigenvalue weighted by molar-refractivity contribution is -0.123. The normalized spacial score (nSPS) is 15.4. The van der Waals surface area contributed by atoms with Crippen LogP contribution in [-0.4, -0.2) is 26.3 Å². The number of amides is 2. The molecule has 1 saturated heterocycles. The Kier molecular flexibility index (Phi) is 4.85. The molecule has 0 unspecified atom stereocenters. The molecule has 0 atom stereocenters. The van der Waals surface area contributed by atoms with Crippen LogP contribution in [0.2, 0.25) is 0 Å². The Labute approximate surface area is 170 Å². The highest BCUT2D eigenvalue weighted by Gasteiger charge is 2.33. The van der Waals surface area contributed by atoms with Gasteiger partial charge in [-0.1, -0.05) is 60.3 Å². The molecule has 3 aromatic rings. The number of hydrazine groups is 1. The van der Waals surface area contributed by atoms with Crippen LogP contribution in [0.15, 0.2) is 71.6 Å². The van der Waals surface area contributed by atoms with E-state index in [1.54, 1.807) is 18.2 Å². The largest absolute Gasteiger partial charge is 0.508 e. The molecule has 2 N–H and O–H groups in total. The van der Waals surface area contributed by atoms with Gasteiger partial charge in [0.25, 0.3) is 11.8 Å². The third kappa shape index (κ3) is 3.49. The fraction of sp³-hybridized carbons (Fsp3) is 0. The highest BCUT2D eigenvalue weighted by atomic mass is 32.2. The number of phenols is 1. The summed E-state index contributed by atoms with van der Waals surface area (Å²) in [5.41, 5.74) is 3.64. The van der Waals surface area contributed by atoms with E-state index in [2.05, 4.69) is 5.43 Å². The molecule has 7 heteroatoms. The zero-order valence-corrected chi connectivity index (χ0v) is 16.1. The van der Waals surface area contributed by atoms with Crippen LogP contribution in [0.1, 0.15) is 15.9 Å². The van der Waals surface area contributed by atoms with Crippen molar-refractivity contribution in [2.45, 2.75) is 0 Å². The second-order valence-electron chi connectivity index (χ2n) is 6.08. The Hall–Kier alpha value is -3.16. The molecule has 1 aliphatic heterocycles. The molecule has 4 rings (SSSR count). The van der Waals surface area contributed by atoms with Crippen molar-refractivity contribution in [1.82, 2.24) is 10.4 Å². The van der Waals surface area contributed by atoms with E-state index in [9.17, 15) is 14.7 Å². The van der Waals surface area contributed by atoms with Crippen LogP contribution in [0.4, 0.5) is 0 Å². The third-order valence-corrected chi connectivity index (χ3v) is 5.53. The predicted molar refractivity (Wildman–Crippen MR) is 115 cm³/mol. The van der Waals surface area contributed by atoms with Gasteiger partial charge in [-0.05, 0) is 52.8 Å². The number of hydrogen-bond acceptors (Lipinski definition) is 5. The topological polar surface area (TPSA) is 69.6 Å². The minimum absolute atomic E-state index is 0.0334. The number of aromatic hydroxyl groups is 1. The van der Waals surface area contributed by atoms with E-state index in [0.717, 1.165) is 33.1 Å². The molecule has 1 aliphatic rings. The number of fused-ring (bicyclic) bond motifs is 1. The number of thioether (sulfide) groups is 1. The lowest BCUT2D eigenvalue weighted by atomic mass is 10.0. The number of phenolic OH excluding ortho intramolecular Hbond substituents is 1. The van der Waals surface area contributed by atoms with Crippen molar-refractivity contribution < 1.29 is 14.7 Å². The van der Waals surface area contributed by atoms with Gasteiger partial charge in [-0.2, -0.15) is 5.01 Å². The Morgan fingerprint density at radius 3 is 2.64 bits per heavy atom. The maximum atomic E-state index is 12.8. The van der Waals surface area contributed by atoms with Crippen molar-refractivity contribution in [1.29, 1.82) is 0 Å². The summed E-state index contributed by atoms with van der Waals surface area (Å²) in [5, 5.41) is 12.7. The van der Waals surface area contributed by atoms with Crippen LogP contribution in [0.5, 0.6) is 5.75 Å². The number of benzene rings is 3. The highest BCUT2D eigenvalue weighted by molar-refractivity contribution is 8.26. The first-order valence-corrected chi connectivity index (χ1v) is 9.61. The van der Waals surface area contributed by atoms with Gasteiger partial charge in [-0.25, -0.2) is 0 Å². The standard InChI is InChI=1S/C21H14N2O3S2/c24-16-9-4-8-15(11-16)19(25)22-23-20(26)18(28-21(23)27)12-14-7-3-6-13-5-1-2-10-17(13)14/h1-12,24H,(H,22,25). The van der Waals surface area contributed by atoms with Crippen LogP contribution in [0, 0.1) is 0 Å². The Morgan fingerprint density at radius 2 is 1.82 bits per heavy atom. The summed E-state index contributed by atoms with van der Waals surface area (Å²) >= 11 is 6.39. The number of hydrogen-bond donors (Lipinski definition) is 2. The van der Waals surface area contributed by atoms with E-state index >= 15 is 0 Å². The van der Waals surface area contributed by atoms with Gasteiger partial charge in [0, 0.05) is 5.56 Å². The SMILES string of the molecule is O=C(NN1C(=O)C(=Cc2cccc3ccccc23)SC1=S)c1cccc(O)c1. The van der Waals surface area contributed by atoms with Gasteiger partial charge in [0.15, 0.2) is 4.32 Å². The number of nitrogens with one attached hydrogen (secondary N) is 1. The summed E-state index contributed by atoms with van der Waals surface area (Å²) in [6.45, 7) is 0. The van der Waals surface area contributed by atoms with E-state index in [1.807, 2.05) is 42.5 Å².